The molecule has 2 fully saturated rings. The predicted octanol–water partition coefficient (Wildman–Crippen LogP) is 4.72. The summed E-state index contributed by atoms with van der Waals surface area (Å²) in [5.41, 5.74) is 6.51. The molecule has 0 spiro atoms. The van der Waals surface area contributed by atoms with Gasteiger partial charge in [-0.15, -0.1) is 0 Å². The van der Waals surface area contributed by atoms with Crippen LogP contribution in [0.15, 0.2) is 0 Å². The molecule has 2 atom stereocenters. The van der Waals surface area contributed by atoms with Gasteiger partial charge in [0.1, 0.15) is 0 Å². The first-order chi connectivity index (χ1) is 10.2. The maximum atomic E-state index is 6.25. The summed E-state index contributed by atoms with van der Waals surface area (Å²) in [6, 6.07) is 0.844. The van der Waals surface area contributed by atoms with Crippen LogP contribution in [0, 0.1) is 5.92 Å². The second-order valence-corrected chi connectivity index (χ2v) is 7.81. The van der Waals surface area contributed by atoms with Crippen molar-refractivity contribution in [2.24, 2.45) is 11.7 Å². The molecule has 0 bridgehead atoms. The molecule has 1 saturated heterocycles. The van der Waals surface area contributed by atoms with Crippen LogP contribution < -0.4 is 5.73 Å². The Morgan fingerprint density at radius 1 is 1.00 bits per heavy atom. The van der Waals surface area contributed by atoms with Gasteiger partial charge >= 0.3 is 0 Å². The van der Waals surface area contributed by atoms with Gasteiger partial charge in [0.15, 0.2) is 0 Å². The lowest BCUT2D eigenvalue weighted by Gasteiger charge is -2.44. The fourth-order valence-electron chi connectivity index (χ4n) is 4.77. The first-order valence-corrected chi connectivity index (χ1v) is 9.68. The van der Waals surface area contributed by atoms with E-state index in [9.17, 15) is 0 Å². The average Bonchev–Trinajstić information content (AvgIpc) is 3.17. The van der Waals surface area contributed by atoms with Crippen molar-refractivity contribution in [3.05, 3.63) is 0 Å². The lowest BCUT2D eigenvalue weighted by molar-refractivity contribution is 0.0581. The van der Waals surface area contributed by atoms with Crippen LogP contribution in [0.1, 0.15) is 90.9 Å². The molecule has 21 heavy (non-hydrogen) atoms. The zero-order chi connectivity index (χ0) is 15.1. The topological polar surface area (TPSA) is 29.3 Å². The highest BCUT2D eigenvalue weighted by Crippen LogP contribution is 2.39. The molecule has 1 aliphatic carbocycles. The van der Waals surface area contributed by atoms with Crippen LogP contribution in [-0.4, -0.2) is 29.6 Å². The van der Waals surface area contributed by atoms with Crippen molar-refractivity contribution in [2.75, 3.05) is 13.1 Å². The summed E-state index contributed by atoms with van der Waals surface area (Å²) in [6.45, 7) is 6.87. The normalized spacial score (nSPS) is 27.3. The smallest absolute Gasteiger partial charge is 0.0306 e. The lowest BCUT2D eigenvalue weighted by Crippen LogP contribution is -2.55. The monoisotopic (exact) mass is 294 g/mol. The van der Waals surface area contributed by atoms with Gasteiger partial charge in [-0.05, 0) is 51.5 Å². The minimum atomic E-state index is 0.260. The van der Waals surface area contributed by atoms with Crippen LogP contribution in [-0.2, 0) is 0 Å². The predicted molar refractivity (Wildman–Crippen MR) is 92.5 cm³/mol. The van der Waals surface area contributed by atoms with Crippen molar-refractivity contribution in [3.8, 4) is 0 Å². The first kappa shape index (κ1) is 17.3. The molecule has 0 radical (unpaired) electrons. The quantitative estimate of drug-likeness (QED) is 0.623. The Bertz CT molecular complexity index is 285. The number of hydrogen-bond donors (Lipinski definition) is 1. The minimum absolute atomic E-state index is 0.260. The summed E-state index contributed by atoms with van der Waals surface area (Å²) in [4.78, 5) is 2.84. The Kier molecular flexibility index (Phi) is 7.01. The molecule has 2 aliphatic rings. The van der Waals surface area contributed by atoms with Gasteiger partial charge < -0.3 is 5.73 Å². The van der Waals surface area contributed by atoms with Crippen LogP contribution in [0.2, 0.25) is 0 Å². The third-order valence-corrected chi connectivity index (χ3v) is 6.20. The van der Waals surface area contributed by atoms with Crippen LogP contribution in [0.5, 0.6) is 0 Å². The molecule has 1 heterocycles. The van der Waals surface area contributed by atoms with Crippen molar-refractivity contribution in [1.29, 1.82) is 0 Å². The number of rotatable bonds is 9. The van der Waals surface area contributed by atoms with Crippen molar-refractivity contribution in [3.63, 3.8) is 0 Å². The molecule has 0 amide bonds. The first-order valence-electron chi connectivity index (χ1n) is 9.68. The molecule has 124 valence electrons. The molecule has 1 aliphatic heterocycles. The second-order valence-electron chi connectivity index (χ2n) is 7.81. The Balaban J connectivity index is 1.87. The highest BCUT2D eigenvalue weighted by molar-refractivity contribution is 4.97. The van der Waals surface area contributed by atoms with Crippen molar-refractivity contribution in [1.82, 2.24) is 4.90 Å². The van der Waals surface area contributed by atoms with Crippen LogP contribution in [0.25, 0.3) is 0 Å². The molecular weight excluding hydrogens is 256 g/mol. The van der Waals surface area contributed by atoms with Gasteiger partial charge in [0, 0.05) is 18.1 Å². The van der Waals surface area contributed by atoms with Crippen LogP contribution >= 0.6 is 0 Å². The van der Waals surface area contributed by atoms with Gasteiger partial charge in [-0.2, -0.15) is 0 Å². The van der Waals surface area contributed by atoms with E-state index in [1.165, 1.54) is 83.6 Å². The van der Waals surface area contributed by atoms with E-state index in [2.05, 4.69) is 18.7 Å². The molecule has 2 nitrogen and oxygen atoms in total. The molecule has 1 saturated carbocycles. The van der Waals surface area contributed by atoms with E-state index in [4.69, 9.17) is 5.73 Å². The molecule has 2 heteroatoms. The standard InChI is InChI=1S/C19H38N2/c1-3-4-5-6-9-14-19(2,16-20)21-15-10-13-18(21)17-11-7-8-12-17/h17-18H,3-16,20H2,1-2H3. The highest BCUT2D eigenvalue weighted by atomic mass is 15.3. The van der Waals surface area contributed by atoms with Gasteiger partial charge in [-0.25, -0.2) is 0 Å². The average molecular weight is 295 g/mol. The lowest BCUT2D eigenvalue weighted by atomic mass is 9.87. The maximum absolute atomic E-state index is 6.25. The van der Waals surface area contributed by atoms with E-state index >= 15 is 0 Å². The van der Waals surface area contributed by atoms with Gasteiger partial charge in [0.2, 0.25) is 0 Å². The summed E-state index contributed by atoms with van der Waals surface area (Å²) in [5.74, 6) is 0.971. The second kappa shape index (κ2) is 8.53. The third kappa shape index (κ3) is 4.45. The molecular formula is C19H38N2. The van der Waals surface area contributed by atoms with E-state index < -0.39 is 0 Å². The van der Waals surface area contributed by atoms with Gasteiger partial charge in [-0.3, -0.25) is 4.90 Å². The largest absolute Gasteiger partial charge is 0.329 e. The molecule has 2 rings (SSSR count). The van der Waals surface area contributed by atoms with Crippen LogP contribution in [0.4, 0.5) is 0 Å². The van der Waals surface area contributed by atoms with Gasteiger partial charge in [0.25, 0.3) is 0 Å². The maximum Gasteiger partial charge on any atom is 0.0306 e. The Morgan fingerprint density at radius 3 is 2.38 bits per heavy atom. The summed E-state index contributed by atoms with van der Waals surface area (Å²) >= 11 is 0. The summed E-state index contributed by atoms with van der Waals surface area (Å²) in [7, 11) is 0. The number of nitrogens with zero attached hydrogens (tertiary/aromatic N) is 1. The molecule has 0 aromatic rings. The Hall–Kier alpha value is -0.0800. The Morgan fingerprint density at radius 2 is 1.71 bits per heavy atom. The Labute approximate surface area is 132 Å². The summed E-state index contributed by atoms with van der Waals surface area (Å²) in [5, 5.41) is 0. The number of hydrogen-bond acceptors (Lipinski definition) is 2. The zero-order valence-electron chi connectivity index (χ0n) is 14.6. The fraction of sp³-hybridized carbons (Fsp3) is 1.00. The number of unbranched alkanes of at least 4 members (excludes halogenated alkanes) is 4. The van der Waals surface area contributed by atoms with Gasteiger partial charge in [-0.1, -0.05) is 51.9 Å². The summed E-state index contributed by atoms with van der Waals surface area (Å²) < 4.78 is 0. The SMILES string of the molecule is CCCCCCCC(C)(CN)N1CCCC1C1CCCC1. The molecule has 0 aromatic carbocycles. The van der Waals surface area contributed by atoms with E-state index in [1.807, 2.05) is 0 Å². The van der Waals surface area contributed by atoms with E-state index in [0.717, 1.165) is 18.5 Å². The van der Waals surface area contributed by atoms with Gasteiger partial charge in [0.05, 0.1) is 0 Å². The van der Waals surface area contributed by atoms with Crippen molar-refractivity contribution < 1.29 is 0 Å². The van der Waals surface area contributed by atoms with Crippen LogP contribution in [0.3, 0.4) is 0 Å². The molecule has 0 aromatic heterocycles. The number of nitrogens with two attached hydrogens (primary N) is 1. The fourth-order valence-corrected chi connectivity index (χ4v) is 4.77. The van der Waals surface area contributed by atoms with Crippen molar-refractivity contribution in [2.45, 2.75) is 102 Å². The minimum Gasteiger partial charge on any atom is -0.329 e. The van der Waals surface area contributed by atoms with E-state index in [-0.39, 0.29) is 5.54 Å². The van der Waals surface area contributed by atoms with Crippen molar-refractivity contribution >= 4 is 0 Å². The van der Waals surface area contributed by atoms with E-state index in [1.54, 1.807) is 0 Å². The zero-order valence-corrected chi connectivity index (χ0v) is 14.6. The third-order valence-electron chi connectivity index (χ3n) is 6.20. The molecule has 2 unspecified atom stereocenters. The molecule has 2 N–H and O–H groups in total. The highest BCUT2D eigenvalue weighted by Gasteiger charge is 2.41. The summed E-state index contributed by atoms with van der Waals surface area (Å²) in [6.07, 6.45) is 16.9. The number of likely N-dealkylation sites (tertiary alicyclic amines) is 1. The van der Waals surface area contributed by atoms with E-state index in [0.29, 0.717) is 0 Å².